The van der Waals surface area contributed by atoms with Gasteiger partial charge in [0.15, 0.2) is 0 Å². The monoisotopic (exact) mass is 473 g/mol. The molecule has 0 bridgehead atoms. The fraction of sp³-hybridized carbons (Fsp3) is 0.217. The molecule has 0 N–H and O–H groups in total. The highest BCUT2D eigenvalue weighted by atomic mass is 79.9. The van der Waals surface area contributed by atoms with Gasteiger partial charge in [-0.1, -0.05) is 70.5 Å². The summed E-state index contributed by atoms with van der Waals surface area (Å²) in [6.45, 7) is 5.86. The molecule has 2 aromatic rings. The van der Waals surface area contributed by atoms with Crippen molar-refractivity contribution in [1.82, 2.24) is 4.90 Å². The second-order valence-electron chi connectivity index (χ2n) is 6.77. The topological polar surface area (TPSA) is 46.6 Å². The molecule has 0 radical (unpaired) electrons. The van der Waals surface area contributed by atoms with Gasteiger partial charge in [0.05, 0.1) is 12.1 Å². The molecule has 4 nitrogen and oxygen atoms in total. The SMILES string of the molecule is C=CCOC(=O)C1=C(C)N(Cc2ccc(Br)cc2)C(=O)C[C@H]1c1ccccc1Cl. The number of carbonyl (C=O) groups excluding carboxylic acids is 2. The number of nitrogens with zero attached hydrogens (tertiary/aromatic N) is 1. The molecule has 1 amide bonds. The van der Waals surface area contributed by atoms with Crippen LogP contribution in [-0.2, 0) is 20.9 Å². The molecule has 1 heterocycles. The number of halogens is 2. The van der Waals surface area contributed by atoms with Gasteiger partial charge in [-0.05, 0) is 36.2 Å². The Bertz CT molecular complexity index is 968. The van der Waals surface area contributed by atoms with Crippen LogP contribution in [0.5, 0.6) is 0 Å². The van der Waals surface area contributed by atoms with Crippen molar-refractivity contribution in [3.05, 3.63) is 93.1 Å². The molecule has 3 rings (SSSR count). The van der Waals surface area contributed by atoms with Gasteiger partial charge >= 0.3 is 5.97 Å². The van der Waals surface area contributed by atoms with E-state index in [0.29, 0.717) is 22.8 Å². The maximum Gasteiger partial charge on any atom is 0.336 e. The number of hydrogen-bond donors (Lipinski definition) is 0. The average Bonchev–Trinajstić information content (AvgIpc) is 2.70. The zero-order valence-electron chi connectivity index (χ0n) is 16.0. The first-order chi connectivity index (χ1) is 13.9. The highest BCUT2D eigenvalue weighted by Gasteiger charge is 2.37. The van der Waals surface area contributed by atoms with E-state index >= 15 is 0 Å². The molecule has 29 heavy (non-hydrogen) atoms. The van der Waals surface area contributed by atoms with Crippen LogP contribution >= 0.6 is 27.5 Å². The zero-order chi connectivity index (χ0) is 21.0. The molecule has 0 aromatic heterocycles. The molecular weight excluding hydrogens is 454 g/mol. The maximum absolute atomic E-state index is 13.0. The fourth-order valence-corrected chi connectivity index (χ4v) is 4.01. The van der Waals surface area contributed by atoms with Crippen molar-refractivity contribution in [3.8, 4) is 0 Å². The van der Waals surface area contributed by atoms with Crippen molar-refractivity contribution in [3.63, 3.8) is 0 Å². The van der Waals surface area contributed by atoms with E-state index in [1.807, 2.05) is 42.5 Å². The molecule has 0 aliphatic carbocycles. The highest BCUT2D eigenvalue weighted by Crippen LogP contribution is 2.40. The van der Waals surface area contributed by atoms with Crippen LogP contribution < -0.4 is 0 Å². The fourth-order valence-electron chi connectivity index (χ4n) is 3.48. The minimum absolute atomic E-state index is 0.0596. The summed E-state index contributed by atoms with van der Waals surface area (Å²) in [4.78, 5) is 27.6. The normalized spacial score (nSPS) is 16.7. The van der Waals surface area contributed by atoms with Crippen LogP contribution in [0.1, 0.15) is 30.4 Å². The summed E-state index contributed by atoms with van der Waals surface area (Å²) in [6.07, 6.45) is 1.67. The molecule has 1 aliphatic rings. The van der Waals surface area contributed by atoms with Crippen molar-refractivity contribution in [1.29, 1.82) is 0 Å². The molecule has 2 aromatic carbocycles. The molecule has 0 unspecified atom stereocenters. The number of esters is 1. The molecule has 1 atom stereocenters. The molecule has 1 aliphatic heterocycles. The number of amides is 1. The van der Waals surface area contributed by atoms with Gasteiger partial charge in [0.25, 0.3) is 0 Å². The van der Waals surface area contributed by atoms with Crippen LogP contribution in [0.25, 0.3) is 0 Å². The Morgan fingerprint density at radius 1 is 1.28 bits per heavy atom. The molecule has 0 spiro atoms. The molecule has 6 heteroatoms. The van der Waals surface area contributed by atoms with Crippen molar-refractivity contribution in [2.45, 2.75) is 25.8 Å². The van der Waals surface area contributed by atoms with Gasteiger partial charge in [-0.3, -0.25) is 4.79 Å². The van der Waals surface area contributed by atoms with Gasteiger partial charge < -0.3 is 9.64 Å². The minimum Gasteiger partial charge on any atom is -0.458 e. The average molecular weight is 475 g/mol. The molecule has 0 saturated carbocycles. The third-order valence-electron chi connectivity index (χ3n) is 4.91. The Morgan fingerprint density at radius 2 is 1.97 bits per heavy atom. The molecular formula is C23H21BrClNO3. The van der Waals surface area contributed by atoms with Gasteiger partial charge in [0.2, 0.25) is 5.91 Å². The lowest BCUT2D eigenvalue weighted by Crippen LogP contribution is -2.38. The Morgan fingerprint density at radius 3 is 2.62 bits per heavy atom. The lowest BCUT2D eigenvalue weighted by Gasteiger charge is -2.34. The van der Waals surface area contributed by atoms with E-state index in [0.717, 1.165) is 15.6 Å². The van der Waals surface area contributed by atoms with E-state index < -0.39 is 11.9 Å². The number of rotatable bonds is 6. The number of carbonyl (C=O) groups is 2. The predicted octanol–water partition coefficient (Wildman–Crippen LogP) is 5.62. The largest absolute Gasteiger partial charge is 0.458 e. The van der Waals surface area contributed by atoms with Crippen molar-refractivity contribution in [2.75, 3.05) is 6.61 Å². The quantitative estimate of drug-likeness (QED) is 0.403. The summed E-state index contributed by atoms with van der Waals surface area (Å²) in [6, 6.07) is 15.0. The van der Waals surface area contributed by atoms with E-state index in [4.69, 9.17) is 16.3 Å². The predicted molar refractivity (Wildman–Crippen MR) is 117 cm³/mol. The highest BCUT2D eigenvalue weighted by molar-refractivity contribution is 9.10. The first-order valence-corrected chi connectivity index (χ1v) is 10.4. The first-order valence-electron chi connectivity index (χ1n) is 9.20. The Hall–Kier alpha value is -2.37. The van der Waals surface area contributed by atoms with Gasteiger partial charge in [-0.25, -0.2) is 4.79 Å². The van der Waals surface area contributed by atoms with Gasteiger partial charge in [-0.2, -0.15) is 0 Å². The van der Waals surface area contributed by atoms with Gasteiger partial charge in [-0.15, -0.1) is 0 Å². The number of ether oxygens (including phenoxy) is 1. The van der Waals surface area contributed by atoms with E-state index in [1.165, 1.54) is 6.08 Å². The summed E-state index contributed by atoms with van der Waals surface area (Å²) < 4.78 is 6.30. The molecule has 0 fully saturated rings. The number of hydrogen-bond acceptors (Lipinski definition) is 3. The summed E-state index contributed by atoms with van der Waals surface area (Å²) in [5, 5.41) is 0.522. The Kier molecular flexibility index (Phi) is 6.93. The van der Waals surface area contributed by atoms with E-state index in [-0.39, 0.29) is 18.9 Å². The van der Waals surface area contributed by atoms with Crippen molar-refractivity contribution < 1.29 is 14.3 Å². The Labute approximate surface area is 183 Å². The summed E-state index contributed by atoms with van der Waals surface area (Å²) in [5.74, 6) is -0.967. The second kappa shape index (κ2) is 9.42. The maximum atomic E-state index is 13.0. The van der Waals surface area contributed by atoms with Gasteiger partial charge in [0, 0.05) is 27.5 Å². The zero-order valence-corrected chi connectivity index (χ0v) is 18.4. The van der Waals surface area contributed by atoms with Crippen molar-refractivity contribution in [2.24, 2.45) is 0 Å². The van der Waals surface area contributed by atoms with Crippen molar-refractivity contribution >= 4 is 39.4 Å². The van der Waals surface area contributed by atoms with Gasteiger partial charge in [0.1, 0.15) is 6.61 Å². The van der Waals surface area contributed by atoms with Crippen LogP contribution in [0.3, 0.4) is 0 Å². The van der Waals surface area contributed by atoms with E-state index in [1.54, 1.807) is 17.9 Å². The first kappa shape index (κ1) is 21.3. The van der Waals surface area contributed by atoms with E-state index in [2.05, 4.69) is 22.5 Å². The standard InChI is InChI=1S/C23H21BrClNO3/c1-3-12-29-23(28)22-15(2)26(14-16-8-10-17(24)11-9-16)21(27)13-19(22)18-6-4-5-7-20(18)25/h3-11,19H,1,12-14H2,2H3/t19-/m0/s1. The van der Waals surface area contributed by atoms with Crippen LogP contribution in [-0.4, -0.2) is 23.4 Å². The molecule has 150 valence electrons. The van der Waals surface area contributed by atoms with E-state index in [9.17, 15) is 9.59 Å². The Balaban J connectivity index is 2.03. The van der Waals surface area contributed by atoms with Crippen LogP contribution in [0.4, 0.5) is 0 Å². The summed E-state index contributed by atoms with van der Waals surface area (Å²) >= 11 is 9.80. The molecule has 0 saturated heterocycles. The van der Waals surface area contributed by atoms with Crippen LogP contribution in [0, 0.1) is 0 Å². The number of benzene rings is 2. The van der Waals surface area contributed by atoms with Crippen LogP contribution in [0.15, 0.2) is 76.9 Å². The van der Waals surface area contributed by atoms with Crippen LogP contribution in [0.2, 0.25) is 5.02 Å². The summed E-state index contributed by atoms with van der Waals surface area (Å²) in [7, 11) is 0. The minimum atomic E-state index is -0.458. The second-order valence-corrected chi connectivity index (χ2v) is 8.09. The summed E-state index contributed by atoms with van der Waals surface area (Å²) in [5.41, 5.74) is 2.76. The smallest absolute Gasteiger partial charge is 0.336 e. The number of allylic oxidation sites excluding steroid dienone is 1. The third kappa shape index (κ3) is 4.80. The third-order valence-corrected chi connectivity index (χ3v) is 5.78. The lowest BCUT2D eigenvalue weighted by atomic mass is 9.83. The lowest BCUT2D eigenvalue weighted by molar-refractivity contribution is -0.139.